The maximum absolute atomic E-state index is 11.8. The fourth-order valence-corrected chi connectivity index (χ4v) is 2.80. The predicted octanol–water partition coefficient (Wildman–Crippen LogP) is 2.56. The zero-order valence-electron chi connectivity index (χ0n) is 10.1. The molecule has 1 aliphatic heterocycles. The van der Waals surface area contributed by atoms with Crippen molar-refractivity contribution in [2.45, 2.75) is 12.5 Å². The number of carbonyl (C=O) groups is 2. The van der Waals surface area contributed by atoms with E-state index in [0.29, 0.717) is 10.4 Å². The molecule has 0 aliphatic carbocycles. The third kappa shape index (κ3) is 2.09. The molecule has 20 heavy (non-hydrogen) atoms. The van der Waals surface area contributed by atoms with Gasteiger partial charge in [0.2, 0.25) is 0 Å². The monoisotopic (exact) mass is 336 g/mol. The number of ether oxygens (including phenoxy) is 1. The minimum Gasteiger partial charge on any atom is -0.450 e. The number of hydrogen-bond acceptors (Lipinski definition) is 4. The number of hydrogen-bond donors (Lipinski definition) is 2. The number of aromatic nitrogens is 1. The van der Waals surface area contributed by atoms with Gasteiger partial charge in [-0.25, -0.2) is 9.78 Å². The smallest absolute Gasteiger partial charge is 0.450 e. The van der Waals surface area contributed by atoms with Crippen molar-refractivity contribution in [1.29, 1.82) is 0 Å². The van der Waals surface area contributed by atoms with E-state index in [1.165, 1.54) is 0 Å². The maximum atomic E-state index is 11.8. The first kappa shape index (κ1) is 12.9. The van der Waals surface area contributed by atoms with Crippen LogP contribution in [-0.4, -0.2) is 28.3 Å². The number of carboxylic acid groups (broad SMARTS) is 1. The van der Waals surface area contributed by atoms with E-state index >= 15 is 0 Å². The Morgan fingerprint density at radius 3 is 2.80 bits per heavy atom. The highest BCUT2D eigenvalue weighted by Gasteiger charge is 2.31. The summed E-state index contributed by atoms with van der Waals surface area (Å²) in [6, 6.07) is 7.55. The summed E-state index contributed by atoms with van der Waals surface area (Å²) in [4.78, 5) is 26.7. The van der Waals surface area contributed by atoms with Crippen LogP contribution in [0.25, 0.3) is 10.8 Å². The largest absolute Gasteiger partial charge is 0.506 e. The van der Waals surface area contributed by atoms with Gasteiger partial charge in [0.25, 0.3) is 5.91 Å². The standard InChI is InChI=1S/C13H9BrN2O4/c14-10-7-4-2-1-3-6(7)8-5-9(20-13(18)19)12(17)16-11(8)15-10/h1-4,9H,5H2,(H,18,19)(H,15,16,17). The van der Waals surface area contributed by atoms with Crippen LogP contribution in [0.3, 0.4) is 0 Å². The average Bonchev–Trinajstić information content (AvgIpc) is 2.40. The average molecular weight is 337 g/mol. The molecule has 6 nitrogen and oxygen atoms in total. The molecule has 0 fully saturated rings. The van der Waals surface area contributed by atoms with Crippen LogP contribution in [0, 0.1) is 0 Å². The van der Waals surface area contributed by atoms with E-state index in [4.69, 9.17) is 5.11 Å². The zero-order chi connectivity index (χ0) is 14.3. The Kier molecular flexibility index (Phi) is 3.06. The molecule has 3 rings (SSSR count). The Labute approximate surface area is 121 Å². The van der Waals surface area contributed by atoms with E-state index in [9.17, 15) is 9.59 Å². The highest BCUT2D eigenvalue weighted by atomic mass is 79.9. The van der Waals surface area contributed by atoms with Crippen molar-refractivity contribution < 1.29 is 19.4 Å². The molecule has 1 aromatic heterocycles. The molecule has 7 heteroatoms. The van der Waals surface area contributed by atoms with Crippen LogP contribution < -0.4 is 5.32 Å². The molecule has 0 radical (unpaired) electrons. The lowest BCUT2D eigenvalue weighted by Crippen LogP contribution is -2.38. The van der Waals surface area contributed by atoms with E-state index in [1.54, 1.807) is 0 Å². The number of anilines is 1. The van der Waals surface area contributed by atoms with Crippen LogP contribution in [-0.2, 0) is 16.0 Å². The number of rotatable bonds is 1. The van der Waals surface area contributed by atoms with Gasteiger partial charge in [0.1, 0.15) is 10.4 Å². The molecule has 0 saturated heterocycles. The lowest BCUT2D eigenvalue weighted by molar-refractivity contribution is -0.125. The van der Waals surface area contributed by atoms with Crippen LogP contribution >= 0.6 is 15.9 Å². The number of amides is 1. The Morgan fingerprint density at radius 2 is 2.10 bits per heavy atom. The van der Waals surface area contributed by atoms with Crippen molar-refractivity contribution in [2.24, 2.45) is 0 Å². The van der Waals surface area contributed by atoms with Crippen molar-refractivity contribution in [3.05, 3.63) is 34.4 Å². The van der Waals surface area contributed by atoms with Crippen LogP contribution in [0.1, 0.15) is 5.56 Å². The van der Waals surface area contributed by atoms with Crippen LogP contribution in [0.2, 0.25) is 0 Å². The summed E-state index contributed by atoms with van der Waals surface area (Å²) in [5, 5.41) is 13.0. The molecule has 0 bridgehead atoms. The Morgan fingerprint density at radius 1 is 1.40 bits per heavy atom. The zero-order valence-corrected chi connectivity index (χ0v) is 11.7. The van der Waals surface area contributed by atoms with Crippen molar-refractivity contribution >= 4 is 44.6 Å². The van der Waals surface area contributed by atoms with E-state index in [0.717, 1.165) is 16.3 Å². The quantitative estimate of drug-likeness (QED) is 0.617. The van der Waals surface area contributed by atoms with Gasteiger partial charge < -0.3 is 15.2 Å². The molecular formula is C13H9BrN2O4. The first-order valence-corrected chi connectivity index (χ1v) is 6.63. The number of nitrogens with zero attached hydrogens (tertiary/aromatic N) is 1. The molecule has 0 saturated carbocycles. The van der Waals surface area contributed by atoms with E-state index in [2.05, 4.69) is 31.0 Å². The molecule has 1 amide bonds. The van der Waals surface area contributed by atoms with Gasteiger partial charge in [-0.3, -0.25) is 4.79 Å². The van der Waals surface area contributed by atoms with Gasteiger partial charge in [-0.1, -0.05) is 24.3 Å². The predicted molar refractivity (Wildman–Crippen MR) is 74.7 cm³/mol. The van der Waals surface area contributed by atoms with Gasteiger partial charge in [-0.15, -0.1) is 0 Å². The number of benzene rings is 1. The molecule has 1 aromatic carbocycles. The van der Waals surface area contributed by atoms with Gasteiger partial charge in [-0.05, 0) is 21.3 Å². The van der Waals surface area contributed by atoms with Crippen molar-refractivity contribution in [2.75, 3.05) is 5.32 Å². The fourth-order valence-electron chi connectivity index (χ4n) is 2.28. The number of carbonyl (C=O) groups excluding carboxylic acids is 1. The molecule has 1 aliphatic rings. The Balaban J connectivity index is 2.13. The number of halogens is 1. The highest BCUT2D eigenvalue weighted by Crippen LogP contribution is 2.33. The van der Waals surface area contributed by atoms with Gasteiger partial charge >= 0.3 is 6.16 Å². The lowest BCUT2D eigenvalue weighted by Gasteiger charge is -2.24. The molecule has 1 unspecified atom stereocenters. The van der Waals surface area contributed by atoms with Crippen molar-refractivity contribution in [1.82, 2.24) is 4.98 Å². The second-order valence-electron chi connectivity index (χ2n) is 4.34. The Bertz CT molecular complexity index is 732. The second-order valence-corrected chi connectivity index (χ2v) is 5.09. The number of pyridine rings is 1. The van der Waals surface area contributed by atoms with Crippen LogP contribution in [0.4, 0.5) is 10.6 Å². The summed E-state index contributed by atoms with van der Waals surface area (Å²) in [6.07, 6.45) is -2.34. The highest BCUT2D eigenvalue weighted by molar-refractivity contribution is 9.10. The lowest BCUT2D eigenvalue weighted by atomic mass is 9.98. The summed E-state index contributed by atoms with van der Waals surface area (Å²) in [5.74, 6) is -0.0691. The molecule has 2 N–H and O–H groups in total. The van der Waals surface area contributed by atoms with E-state index in [1.807, 2.05) is 24.3 Å². The summed E-state index contributed by atoms with van der Waals surface area (Å²) in [6.45, 7) is 0. The van der Waals surface area contributed by atoms with Crippen LogP contribution in [0.5, 0.6) is 0 Å². The summed E-state index contributed by atoms with van der Waals surface area (Å²) < 4.78 is 5.23. The summed E-state index contributed by atoms with van der Waals surface area (Å²) >= 11 is 3.36. The number of nitrogens with one attached hydrogen (secondary N) is 1. The minimum atomic E-state index is -1.47. The topological polar surface area (TPSA) is 88.5 Å². The van der Waals surface area contributed by atoms with Crippen molar-refractivity contribution in [3.63, 3.8) is 0 Å². The first-order chi connectivity index (χ1) is 9.56. The third-order valence-electron chi connectivity index (χ3n) is 3.14. The molecule has 2 aromatic rings. The van der Waals surface area contributed by atoms with Crippen molar-refractivity contribution in [3.8, 4) is 0 Å². The molecule has 102 valence electrons. The van der Waals surface area contributed by atoms with E-state index < -0.39 is 18.2 Å². The molecule has 1 atom stereocenters. The fraction of sp³-hybridized carbons (Fsp3) is 0.154. The normalized spacial score (nSPS) is 17.4. The number of fused-ring (bicyclic) bond motifs is 3. The molecule has 0 spiro atoms. The SMILES string of the molecule is O=C(O)OC1Cc2c(nc(Br)c3ccccc23)NC1=O. The molecule has 2 heterocycles. The van der Waals surface area contributed by atoms with Crippen LogP contribution in [0.15, 0.2) is 28.9 Å². The molecular weight excluding hydrogens is 328 g/mol. The summed E-state index contributed by atoms with van der Waals surface area (Å²) in [5.41, 5.74) is 0.773. The van der Waals surface area contributed by atoms with E-state index in [-0.39, 0.29) is 6.42 Å². The second kappa shape index (κ2) is 4.75. The van der Waals surface area contributed by atoms with Gasteiger partial charge in [0, 0.05) is 17.4 Å². The minimum absolute atomic E-state index is 0.175. The van der Waals surface area contributed by atoms with Gasteiger partial charge in [0.05, 0.1) is 0 Å². The van der Waals surface area contributed by atoms with Gasteiger partial charge in [-0.2, -0.15) is 0 Å². The first-order valence-electron chi connectivity index (χ1n) is 5.84. The third-order valence-corrected chi connectivity index (χ3v) is 3.74. The summed E-state index contributed by atoms with van der Waals surface area (Å²) in [7, 11) is 0. The Hall–Kier alpha value is -2.15. The maximum Gasteiger partial charge on any atom is 0.506 e. The van der Waals surface area contributed by atoms with Gasteiger partial charge in [0.15, 0.2) is 6.10 Å².